The van der Waals surface area contributed by atoms with Gasteiger partial charge in [-0.15, -0.1) is 11.8 Å². The first kappa shape index (κ1) is 17.9. The summed E-state index contributed by atoms with van der Waals surface area (Å²) in [5.41, 5.74) is 0.499. The Kier molecular flexibility index (Phi) is 5.37. The van der Waals surface area contributed by atoms with E-state index in [4.69, 9.17) is 0 Å². The summed E-state index contributed by atoms with van der Waals surface area (Å²) in [7, 11) is 0. The summed E-state index contributed by atoms with van der Waals surface area (Å²) >= 11 is 1.49. The number of carbonyl (C=O) groups is 1. The van der Waals surface area contributed by atoms with Gasteiger partial charge in [0.15, 0.2) is 5.78 Å². The zero-order valence-electron chi connectivity index (χ0n) is 14.3. The molecule has 0 bridgehead atoms. The SMILES string of the molecule is CC[C@H]1S[C@@H](n2ccc(CC(=O)c3ccccc3)nc2=O)[C@@H](F)[C@@H]1C. The van der Waals surface area contributed by atoms with E-state index in [0.717, 1.165) is 6.42 Å². The van der Waals surface area contributed by atoms with E-state index in [0.29, 0.717) is 11.3 Å². The van der Waals surface area contributed by atoms with Crippen LogP contribution in [0.1, 0.15) is 41.7 Å². The van der Waals surface area contributed by atoms with Gasteiger partial charge in [0, 0.05) is 22.9 Å². The molecule has 0 saturated carbocycles. The molecule has 1 fully saturated rings. The van der Waals surface area contributed by atoms with E-state index in [-0.39, 0.29) is 23.4 Å². The van der Waals surface area contributed by atoms with E-state index in [9.17, 15) is 14.0 Å². The lowest BCUT2D eigenvalue weighted by Crippen LogP contribution is -2.30. The van der Waals surface area contributed by atoms with E-state index < -0.39 is 17.2 Å². The Morgan fingerprint density at radius 3 is 2.60 bits per heavy atom. The molecule has 132 valence electrons. The fourth-order valence-corrected chi connectivity index (χ4v) is 4.80. The lowest BCUT2D eigenvalue weighted by atomic mass is 10.0. The highest BCUT2D eigenvalue weighted by atomic mass is 32.2. The van der Waals surface area contributed by atoms with Crippen molar-refractivity contribution in [1.29, 1.82) is 0 Å². The second kappa shape index (κ2) is 7.52. The second-order valence-corrected chi connectivity index (χ2v) is 7.71. The van der Waals surface area contributed by atoms with E-state index in [2.05, 4.69) is 4.98 Å². The summed E-state index contributed by atoms with van der Waals surface area (Å²) in [5.74, 6) is -0.185. The Balaban J connectivity index is 1.78. The summed E-state index contributed by atoms with van der Waals surface area (Å²) in [6.45, 7) is 3.92. The van der Waals surface area contributed by atoms with Crippen molar-refractivity contribution in [2.75, 3.05) is 0 Å². The van der Waals surface area contributed by atoms with Crippen molar-refractivity contribution in [2.45, 2.75) is 43.5 Å². The molecular formula is C19H21FN2O2S. The Labute approximate surface area is 150 Å². The fourth-order valence-electron chi connectivity index (χ4n) is 3.16. The molecule has 0 amide bonds. The van der Waals surface area contributed by atoms with Crippen LogP contribution in [0.2, 0.25) is 0 Å². The Hall–Kier alpha value is -1.95. The van der Waals surface area contributed by atoms with Gasteiger partial charge in [0.05, 0.1) is 12.1 Å². The third-order valence-electron chi connectivity index (χ3n) is 4.68. The van der Waals surface area contributed by atoms with Crippen molar-refractivity contribution in [2.24, 2.45) is 5.92 Å². The van der Waals surface area contributed by atoms with Crippen molar-refractivity contribution >= 4 is 17.5 Å². The summed E-state index contributed by atoms with van der Waals surface area (Å²) in [6.07, 6.45) is 1.42. The number of hydrogen-bond acceptors (Lipinski definition) is 4. The van der Waals surface area contributed by atoms with Crippen LogP contribution in [0.4, 0.5) is 4.39 Å². The van der Waals surface area contributed by atoms with E-state index in [1.54, 1.807) is 36.5 Å². The van der Waals surface area contributed by atoms with Crippen LogP contribution in [0.5, 0.6) is 0 Å². The molecular weight excluding hydrogens is 339 g/mol. The third kappa shape index (κ3) is 3.68. The van der Waals surface area contributed by atoms with Crippen molar-refractivity contribution in [3.8, 4) is 0 Å². The lowest BCUT2D eigenvalue weighted by molar-refractivity contribution is 0.0991. The monoisotopic (exact) mass is 360 g/mol. The minimum atomic E-state index is -1.08. The smallest absolute Gasteiger partial charge is 0.294 e. The summed E-state index contributed by atoms with van der Waals surface area (Å²) in [4.78, 5) is 28.6. The third-order valence-corrected chi connectivity index (χ3v) is 6.56. The number of carbonyl (C=O) groups excluding carboxylic acids is 1. The molecule has 25 heavy (non-hydrogen) atoms. The first-order chi connectivity index (χ1) is 12.0. The molecule has 1 aromatic carbocycles. The zero-order valence-corrected chi connectivity index (χ0v) is 15.1. The van der Waals surface area contributed by atoms with Gasteiger partial charge in [0.25, 0.3) is 0 Å². The largest absolute Gasteiger partial charge is 0.348 e. The van der Waals surface area contributed by atoms with Gasteiger partial charge in [-0.2, -0.15) is 4.98 Å². The molecule has 0 spiro atoms. The van der Waals surface area contributed by atoms with Crippen molar-refractivity contribution in [3.63, 3.8) is 0 Å². The van der Waals surface area contributed by atoms with Crippen molar-refractivity contribution in [1.82, 2.24) is 9.55 Å². The van der Waals surface area contributed by atoms with Gasteiger partial charge in [0.1, 0.15) is 11.5 Å². The number of nitrogens with zero attached hydrogens (tertiary/aromatic N) is 2. The molecule has 6 heteroatoms. The minimum absolute atomic E-state index is 0.0605. The number of hydrogen-bond donors (Lipinski definition) is 0. The topological polar surface area (TPSA) is 52.0 Å². The van der Waals surface area contributed by atoms with Gasteiger partial charge >= 0.3 is 5.69 Å². The highest BCUT2D eigenvalue weighted by Gasteiger charge is 2.42. The van der Waals surface area contributed by atoms with Crippen LogP contribution in [-0.4, -0.2) is 26.8 Å². The molecule has 4 nitrogen and oxygen atoms in total. The van der Waals surface area contributed by atoms with Crippen LogP contribution in [0, 0.1) is 5.92 Å². The van der Waals surface area contributed by atoms with Crippen LogP contribution >= 0.6 is 11.8 Å². The normalized spacial score (nSPS) is 25.9. The molecule has 1 aromatic heterocycles. The minimum Gasteiger partial charge on any atom is -0.294 e. The Morgan fingerprint density at radius 2 is 2.00 bits per heavy atom. The number of Topliss-reactive ketones (excluding diaryl/α,β-unsaturated/α-hetero) is 1. The maximum absolute atomic E-state index is 14.6. The Morgan fingerprint density at radius 1 is 1.28 bits per heavy atom. The van der Waals surface area contributed by atoms with Gasteiger partial charge < -0.3 is 0 Å². The average molecular weight is 360 g/mol. The molecule has 3 rings (SSSR count). The predicted molar refractivity (Wildman–Crippen MR) is 97.7 cm³/mol. The molecule has 0 N–H and O–H groups in total. The number of halogens is 1. The standard InChI is InChI=1S/C19H21FN2O2S/c1-3-16-12(2)17(20)18(25-16)22-10-9-14(21-19(22)24)11-15(23)13-7-5-4-6-8-13/h4-10,12,16-18H,3,11H2,1-2H3/t12-,16-,17+,18-/m1/s1. The fraction of sp³-hybridized carbons (Fsp3) is 0.421. The first-order valence-electron chi connectivity index (χ1n) is 8.47. The number of aromatic nitrogens is 2. The number of thioether (sulfide) groups is 1. The molecule has 0 radical (unpaired) electrons. The van der Waals surface area contributed by atoms with Gasteiger partial charge in [-0.1, -0.05) is 44.2 Å². The first-order valence-corrected chi connectivity index (χ1v) is 9.41. The second-order valence-electron chi connectivity index (χ2n) is 6.35. The molecule has 1 aliphatic rings. The summed E-state index contributed by atoms with van der Waals surface area (Å²) < 4.78 is 15.9. The van der Waals surface area contributed by atoms with Crippen LogP contribution in [0.15, 0.2) is 47.4 Å². The van der Waals surface area contributed by atoms with Crippen LogP contribution in [0.3, 0.4) is 0 Å². The highest BCUT2D eigenvalue weighted by molar-refractivity contribution is 8.00. The van der Waals surface area contributed by atoms with Gasteiger partial charge in [-0.05, 0) is 12.5 Å². The number of rotatable bonds is 5. The van der Waals surface area contributed by atoms with Crippen LogP contribution in [0.25, 0.3) is 0 Å². The van der Waals surface area contributed by atoms with Crippen LogP contribution < -0.4 is 5.69 Å². The lowest BCUT2D eigenvalue weighted by Gasteiger charge is -2.16. The van der Waals surface area contributed by atoms with Gasteiger partial charge in [-0.3, -0.25) is 9.36 Å². The van der Waals surface area contributed by atoms with Gasteiger partial charge in [0.2, 0.25) is 0 Å². The number of ketones is 1. The maximum Gasteiger partial charge on any atom is 0.348 e. The predicted octanol–water partition coefficient (Wildman–Crippen LogP) is 3.67. The molecule has 0 unspecified atom stereocenters. The molecule has 1 aliphatic heterocycles. The summed E-state index contributed by atoms with van der Waals surface area (Å²) in [5, 5.41) is -0.343. The van der Waals surface area contributed by atoms with E-state index in [1.807, 2.05) is 19.9 Å². The molecule has 4 atom stereocenters. The molecule has 2 heterocycles. The van der Waals surface area contributed by atoms with E-state index in [1.165, 1.54) is 16.3 Å². The molecule has 1 saturated heterocycles. The zero-order chi connectivity index (χ0) is 18.0. The average Bonchev–Trinajstić information content (AvgIpc) is 2.91. The molecule has 0 aliphatic carbocycles. The van der Waals surface area contributed by atoms with Gasteiger partial charge in [-0.25, -0.2) is 9.18 Å². The number of benzene rings is 1. The van der Waals surface area contributed by atoms with Crippen molar-refractivity contribution in [3.05, 3.63) is 64.3 Å². The quantitative estimate of drug-likeness (QED) is 0.764. The summed E-state index contributed by atoms with van der Waals surface area (Å²) in [6, 6.07) is 10.5. The molecule has 2 aromatic rings. The number of alkyl halides is 1. The highest BCUT2D eigenvalue weighted by Crippen LogP contribution is 2.47. The Bertz CT molecular complexity index is 809. The van der Waals surface area contributed by atoms with Crippen molar-refractivity contribution < 1.29 is 9.18 Å². The maximum atomic E-state index is 14.6. The van der Waals surface area contributed by atoms with Crippen LogP contribution in [-0.2, 0) is 6.42 Å². The van der Waals surface area contributed by atoms with E-state index >= 15 is 0 Å².